The van der Waals surface area contributed by atoms with Gasteiger partial charge in [-0.15, -0.1) is 11.3 Å². The van der Waals surface area contributed by atoms with Crippen molar-refractivity contribution in [2.75, 3.05) is 32.7 Å². The summed E-state index contributed by atoms with van der Waals surface area (Å²) in [5, 5.41) is 5.56. The third-order valence-corrected chi connectivity index (χ3v) is 5.71. The maximum absolute atomic E-state index is 13.2. The zero-order valence-electron chi connectivity index (χ0n) is 13.6. The van der Waals surface area contributed by atoms with E-state index >= 15 is 0 Å². The first kappa shape index (κ1) is 16.0. The summed E-state index contributed by atoms with van der Waals surface area (Å²) < 4.78 is 0. The Balaban J connectivity index is 1.80. The van der Waals surface area contributed by atoms with Crippen molar-refractivity contribution < 1.29 is 4.79 Å². The SMILES string of the molecule is CC1CCCN(C(=O)C(c2cccs2)N2CCNC(C)C2)C1. The molecule has 3 unspecified atom stereocenters. The Morgan fingerprint density at radius 2 is 2.23 bits per heavy atom. The van der Waals surface area contributed by atoms with Crippen LogP contribution in [0.5, 0.6) is 0 Å². The maximum Gasteiger partial charge on any atom is 0.245 e. The summed E-state index contributed by atoms with van der Waals surface area (Å²) in [6.07, 6.45) is 2.39. The van der Waals surface area contributed by atoms with Crippen LogP contribution in [-0.2, 0) is 4.79 Å². The van der Waals surface area contributed by atoms with Crippen LogP contribution < -0.4 is 5.32 Å². The lowest BCUT2D eigenvalue weighted by Crippen LogP contribution is -2.54. The smallest absolute Gasteiger partial charge is 0.245 e. The zero-order chi connectivity index (χ0) is 15.5. The molecule has 3 rings (SSSR count). The molecule has 4 nitrogen and oxygen atoms in total. The molecule has 3 atom stereocenters. The average Bonchev–Trinajstić information content (AvgIpc) is 3.01. The summed E-state index contributed by atoms with van der Waals surface area (Å²) in [7, 11) is 0. The van der Waals surface area contributed by atoms with Gasteiger partial charge < -0.3 is 10.2 Å². The van der Waals surface area contributed by atoms with Crippen molar-refractivity contribution in [2.45, 2.75) is 38.8 Å². The van der Waals surface area contributed by atoms with Crippen LogP contribution in [0.1, 0.15) is 37.6 Å². The molecule has 3 heterocycles. The number of hydrogen-bond acceptors (Lipinski definition) is 4. The van der Waals surface area contributed by atoms with Crippen LogP contribution in [0.25, 0.3) is 0 Å². The fourth-order valence-corrected chi connectivity index (χ4v) is 4.51. The van der Waals surface area contributed by atoms with Crippen molar-refractivity contribution >= 4 is 17.2 Å². The van der Waals surface area contributed by atoms with E-state index < -0.39 is 0 Å². The van der Waals surface area contributed by atoms with E-state index in [-0.39, 0.29) is 6.04 Å². The van der Waals surface area contributed by atoms with Gasteiger partial charge in [-0.2, -0.15) is 0 Å². The molecule has 5 heteroatoms. The maximum atomic E-state index is 13.2. The van der Waals surface area contributed by atoms with E-state index in [1.165, 1.54) is 11.3 Å². The van der Waals surface area contributed by atoms with Gasteiger partial charge in [-0.3, -0.25) is 9.69 Å². The molecule has 1 aromatic heterocycles. The Kier molecular flexibility index (Phi) is 5.16. The van der Waals surface area contributed by atoms with Crippen LogP contribution in [0.2, 0.25) is 0 Å². The summed E-state index contributed by atoms with van der Waals surface area (Å²) in [6.45, 7) is 9.15. The van der Waals surface area contributed by atoms with Gasteiger partial charge in [-0.1, -0.05) is 13.0 Å². The molecule has 1 N–H and O–H groups in total. The monoisotopic (exact) mass is 321 g/mol. The Labute approximate surface area is 137 Å². The molecule has 0 radical (unpaired) electrons. The van der Waals surface area contributed by atoms with Crippen molar-refractivity contribution in [3.05, 3.63) is 22.4 Å². The number of rotatable bonds is 3. The van der Waals surface area contributed by atoms with E-state index in [9.17, 15) is 4.79 Å². The van der Waals surface area contributed by atoms with Gasteiger partial charge in [0.1, 0.15) is 6.04 Å². The standard InChI is InChI=1S/C17H27N3OS/c1-13-5-3-8-20(11-13)17(21)16(15-6-4-10-22-15)19-9-7-18-14(2)12-19/h4,6,10,13-14,16,18H,3,5,7-9,11-12H2,1-2H3. The largest absolute Gasteiger partial charge is 0.341 e. The summed E-state index contributed by atoms with van der Waals surface area (Å²) in [6, 6.07) is 4.54. The molecule has 1 amide bonds. The highest BCUT2D eigenvalue weighted by atomic mass is 32.1. The molecule has 22 heavy (non-hydrogen) atoms. The van der Waals surface area contributed by atoms with Crippen LogP contribution in [-0.4, -0.2) is 54.5 Å². The van der Waals surface area contributed by atoms with Gasteiger partial charge in [-0.05, 0) is 37.1 Å². The van der Waals surface area contributed by atoms with Crippen LogP contribution in [0.3, 0.4) is 0 Å². The third-order valence-electron chi connectivity index (χ3n) is 4.78. The molecule has 2 fully saturated rings. The van der Waals surface area contributed by atoms with Crippen molar-refractivity contribution in [1.29, 1.82) is 0 Å². The van der Waals surface area contributed by atoms with E-state index in [4.69, 9.17) is 0 Å². The van der Waals surface area contributed by atoms with Crippen molar-refractivity contribution in [3.63, 3.8) is 0 Å². The number of piperidine rings is 1. The molecular formula is C17H27N3OS. The number of carbonyl (C=O) groups is 1. The highest BCUT2D eigenvalue weighted by molar-refractivity contribution is 7.10. The lowest BCUT2D eigenvalue weighted by Gasteiger charge is -2.40. The Morgan fingerprint density at radius 1 is 1.36 bits per heavy atom. The van der Waals surface area contributed by atoms with Crippen molar-refractivity contribution in [1.82, 2.24) is 15.1 Å². The molecule has 0 aliphatic carbocycles. The van der Waals surface area contributed by atoms with Gasteiger partial charge >= 0.3 is 0 Å². The van der Waals surface area contributed by atoms with Crippen molar-refractivity contribution in [3.8, 4) is 0 Å². The second-order valence-corrected chi connectivity index (χ2v) is 7.78. The molecule has 0 aromatic carbocycles. The van der Waals surface area contributed by atoms with E-state index in [1.54, 1.807) is 11.3 Å². The minimum Gasteiger partial charge on any atom is -0.341 e. The Bertz CT molecular complexity index is 490. The molecule has 122 valence electrons. The molecule has 2 aliphatic rings. The number of nitrogens with one attached hydrogen (secondary N) is 1. The number of piperazine rings is 1. The van der Waals surface area contributed by atoms with E-state index in [0.717, 1.165) is 39.1 Å². The highest BCUT2D eigenvalue weighted by Crippen LogP contribution is 2.30. The number of hydrogen-bond donors (Lipinski definition) is 1. The average molecular weight is 321 g/mol. The van der Waals surface area contributed by atoms with Crippen LogP contribution >= 0.6 is 11.3 Å². The summed E-state index contributed by atoms with van der Waals surface area (Å²) >= 11 is 1.71. The van der Waals surface area contributed by atoms with E-state index in [1.807, 2.05) is 0 Å². The van der Waals surface area contributed by atoms with Crippen LogP contribution in [0.4, 0.5) is 0 Å². The van der Waals surface area contributed by atoms with E-state index in [0.29, 0.717) is 17.9 Å². The zero-order valence-corrected chi connectivity index (χ0v) is 14.4. The Hall–Kier alpha value is -0.910. The number of likely N-dealkylation sites (tertiary alicyclic amines) is 1. The first-order valence-electron chi connectivity index (χ1n) is 8.45. The molecule has 0 bridgehead atoms. The second-order valence-electron chi connectivity index (χ2n) is 6.80. The Morgan fingerprint density at radius 3 is 2.91 bits per heavy atom. The van der Waals surface area contributed by atoms with Gasteiger partial charge in [0.2, 0.25) is 5.91 Å². The van der Waals surface area contributed by atoms with Crippen molar-refractivity contribution in [2.24, 2.45) is 5.92 Å². The lowest BCUT2D eigenvalue weighted by atomic mass is 9.99. The quantitative estimate of drug-likeness (QED) is 0.928. The number of amides is 1. The molecule has 0 spiro atoms. The highest BCUT2D eigenvalue weighted by Gasteiger charge is 2.35. The minimum atomic E-state index is -0.0881. The van der Waals surface area contributed by atoms with Gasteiger partial charge in [0.05, 0.1) is 0 Å². The summed E-state index contributed by atoms with van der Waals surface area (Å²) in [4.78, 5) is 18.9. The fourth-order valence-electron chi connectivity index (χ4n) is 3.66. The molecule has 1 aromatic rings. The van der Waals surface area contributed by atoms with E-state index in [2.05, 4.69) is 46.5 Å². The van der Waals surface area contributed by atoms with Gasteiger partial charge in [0, 0.05) is 43.6 Å². The lowest BCUT2D eigenvalue weighted by molar-refractivity contribution is -0.139. The molecule has 0 saturated carbocycles. The predicted octanol–water partition coefficient (Wildman–Crippen LogP) is 2.34. The fraction of sp³-hybridized carbons (Fsp3) is 0.706. The second kappa shape index (κ2) is 7.11. The van der Waals surface area contributed by atoms with Crippen LogP contribution in [0.15, 0.2) is 17.5 Å². The summed E-state index contributed by atoms with van der Waals surface area (Å²) in [5.41, 5.74) is 0. The third kappa shape index (κ3) is 3.53. The van der Waals surface area contributed by atoms with Gasteiger partial charge in [0.15, 0.2) is 0 Å². The molecule has 2 aliphatic heterocycles. The van der Waals surface area contributed by atoms with Gasteiger partial charge in [-0.25, -0.2) is 0 Å². The predicted molar refractivity (Wildman–Crippen MR) is 91.1 cm³/mol. The van der Waals surface area contributed by atoms with Crippen LogP contribution in [0, 0.1) is 5.92 Å². The minimum absolute atomic E-state index is 0.0881. The molecular weight excluding hydrogens is 294 g/mol. The topological polar surface area (TPSA) is 35.6 Å². The number of carbonyl (C=O) groups excluding carboxylic acids is 1. The number of thiophene rings is 1. The normalized spacial score (nSPS) is 28.5. The number of nitrogens with zero attached hydrogens (tertiary/aromatic N) is 2. The molecule has 2 saturated heterocycles. The first-order valence-corrected chi connectivity index (χ1v) is 9.32. The first-order chi connectivity index (χ1) is 10.6. The summed E-state index contributed by atoms with van der Waals surface area (Å²) in [5.74, 6) is 0.937. The van der Waals surface area contributed by atoms with Gasteiger partial charge in [0.25, 0.3) is 0 Å².